The zero-order valence-corrected chi connectivity index (χ0v) is 48.0. The molecule has 0 radical (unpaired) electrons. The van der Waals surface area contributed by atoms with Gasteiger partial charge >= 0.3 is 5.97 Å². The Balaban J connectivity index is 1.30. The van der Waals surface area contributed by atoms with Crippen molar-refractivity contribution in [3.05, 3.63) is 107 Å². The fraction of sp³-hybridized carbons (Fsp3) is 0.379. The molecule has 0 bridgehead atoms. The number of fused-ring (bicyclic) bond motifs is 2. The van der Waals surface area contributed by atoms with Crippen molar-refractivity contribution in [3.63, 3.8) is 0 Å². The topological polar surface area (TPSA) is 462 Å². The highest BCUT2D eigenvalue weighted by molar-refractivity contribution is 6.10. The van der Waals surface area contributed by atoms with Crippen LogP contribution >= 0.6 is 0 Å². The van der Waals surface area contributed by atoms with E-state index in [1.54, 1.807) is 82.3 Å². The molecule has 8 amide bonds. The van der Waals surface area contributed by atoms with Gasteiger partial charge in [-0.05, 0) is 97.5 Å². The van der Waals surface area contributed by atoms with Crippen LogP contribution in [0.1, 0.15) is 86.1 Å². The second-order valence-corrected chi connectivity index (χ2v) is 20.8. The maximum absolute atomic E-state index is 14.4. The maximum Gasteiger partial charge on any atom is 0.336 e. The van der Waals surface area contributed by atoms with Crippen LogP contribution in [0.2, 0.25) is 0 Å². The third-order valence-corrected chi connectivity index (χ3v) is 13.3. The van der Waals surface area contributed by atoms with E-state index in [4.69, 9.17) is 38.5 Å². The second-order valence-electron chi connectivity index (χ2n) is 20.8. The third-order valence-electron chi connectivity index (χ3n) is 13.3. The number of nitrogens with zero attached hydrogens (tertiary/aromatic N) is 2. The molecule has 1 aliphatic carbocycles. The van der Waals surface area contributed by atoms with E-state index < -0.39 is 96.5 Å². The molecule has 0 unspecified atom stereocenters. The summed E-state index contributed by atoms with van der Waals surface area (Å²) in [6, 6.07) is 15.9. The van der Waals surface area contributed by atoms with Crippen LogP contribution in [0.4, 0.5) is 5.69 Å². The minimum atomic E-state index is -1.32. The summed E-state index contributed by atoms with van der Waals surface area (Å²) in [6.45, 7) is 5.97. The van der Waals surface area contributed by atoms with E-state index >= 15 is 0 Å². The normalized spacial score (nSPS) is 12.8. The van der Waals surface area contributed by atoms with Crippen molar-refractivity contribution >= 4 is 81.8 Å². The summed E-state index contributed by atoms with van der Waals surface area (Å²) in [7, 11) is 1.42. The Morgan fingerprint density at radius 1 is 0.624 bits per heavy atom. The average molecular weight is 1170 g/mol. The van der Waals surface area contributed by atoms with Gasteiger partial charge in [0.15, 0.2) is 11.9 Å². The number of aromatic carboxylic acids is 1. The summed E-state index contributed by atoms with van der Waals surface area (Å²) in [6.07, 6.45) is 0.377. The number of nitrogens with two attached hydrogens (primary N) is 5. The lowest BCUT2D eigenvalue weighted by Crippen LogP contribution is -2.60. The number of carbonyl (C=O) groups excluding carboxylic acids is 8. The van der Waals surface area contributed by atoms with Crippen LogP contribution in [0.5, 0.6) is 0 Å². The number of carboxylic acid groups (broad SMARTS) is 1. The van der Waals surface area contributed by atoms with Gasteiger partial charge in [-0.2, -0.15) is 0 Å². The predicted molar refractivity (Wildman–Crippen MR) is 319 cm³/mol. The number of aliphatic imine (C=N–C) groups is 2. The molecule has 20 N–H and O–H groups in total. The molecule has 1 heterocycles. The Morgan fingerprint density at radius 3 is 1.80 bits per heavy atom. The zero-order valence-electron chi connectivity index (χ0n) is 48.0. The summed E-state index contributed by atoms with van der Waals surface area (Å²) >= 11 is 0. The molecule has 0 aromatic heterocycles. The molecule has 2 aliphatic rings. The summed E-state index contributed by atoms with van der Waals surface area (Å²) in [4.78, 5) is 130. The molecule has 1 aliphatic heterocycles. The number of amides is 8. The van der Waals surface area contributed by atoms with E-state index in [0.29, 0.717) is 33.3 Å². The lowest BCUT2D eigenvalue weighted by Gasteiger charge is -2.28. The van der Waals surface area contributed by atoms with Gasteiger partial charge in [0.25, 0.3) is 5.91 Å². The molecule has 27 heteroatoms. The highest BCUT2D eigenvalue weighted by atomic mass is 16.4. The highest BCUT2D eigenvalue weighted by Gasteiger charge is 2.34. The lowest BCUT2D eigenvalue weighted by atomic mass is 9.89. The number of hydrogen-bond acceptors (Lipinski definition) is 14. The van der Waals surface area contributed by atoms with Crippen LogP contribution in [-0.2, 0) is 40.0 Å². The fourth-order valence-electron chi connectivity index (χ4n) is 9.09. The smallest absolute Gasteiger partial charge is 0.336 e. The molecular formula is C58H76N16O11. The van der Waals surface area contributed by atoms with Crippen LogP contribution in [0.25, 0.3) is 33.4 Å². The molecular weight excluding hydrogens is 1100 g/mol. The van der Waals surface area contributed by atoms with E-state index in [9.17, 15) is 48.3 Å². The van der Waals surface area contributed by atoms with Gasteiger partial charge in [0, 0.05) is 66.5 Å². The Labute approximate surface area is 490 Å². The molecule has 3 aromatic rings. The van der Waals surface area contributed by atoms with Crippen LogP contribution in [0, 0.1) is 17.2 Å². The van der Waals surface area contributed by atoms with Crippen LogP contribution in [0.15, 0.2) is 99.3 Å². The van der Waals surface area contributed by atoms with Crippen molar-refractivity contribution < 1.29 is 52.7 Å². The second kappa shape index (κ2) is 31.4. The van der Waals surface area contributed by atoms with Gasteiger partial charge in [-0.1, -0.05) is 58.0 Å². The molecule has 0 saturated heterocycles. The molecule has 5 rings (SSSR count). The van der Waals surface area contributed by atoms with Crippen LogP contribution in [-0.4, -0.2) is 134 Å². The van der Waals surface area contributed by atoms with Crippen LogP contribution in [0.3, 0.4) is 0 Å². The minimum Gasteiger partial charge on any atom is -0.478 e. The third kappa shape index (κ3) is 19.8. The average Bonchev–Trinajstić information content (AvgIpc) is 1.06. The number of likely N-dealkylation sites (N-methyl/N-ethyl adjacent to an activating group) is 1. The maximum atomic E-state index is 14.4. The number of carbonyl (C=O) groups is 9. The Kier molecular flexibility index (Phi) is 24.3. The van der Waals surface area contributed by atoms with Gasteiger partial charge in [0.2, 0.25) is 41.4 Å². The molecule has 454 valence electrons. The lowest BCUT2D eigenvalue weighted by molar-refractivity contribution is -0.135. The molecule has 0 spiro atoms. The van der Waals surface area contributed by atoms with Gasteiger partial charge in [0.05, 0.1) is 24.0 Å². The largest absolute Gasteiger partial charge is 0.478 e. The van der Waals surface area contributed by atoms with Crippen molar-refractivity contribution in [1.29, 1.82) is 5.41 Å². The minimum absolute atomic E-state index is 0.0122. The molecule has 27 nitrogen and oxygen atoms in total. The summed E-state index contributed by atoms with van der Waals surface area (Å²) < 4.78 is 6.05. The van der Waals surface area contributed by atoms with E-state index in [1.165, 1.54) is 37.4 Å². The van der Waals surface area contributed by atoms with Crippen molar-refractivity contribution in [3.8, 4) is 22.5 Å². The first-order valence-corrected chi connectivity index (χ1v) is 27.5. The molecule has 85 heavy (non-hydrogen) atoms. The molecule has 0 fully saturated rings. The first-order valence-electron chi connectivity index (χ1n) is 27.5. The summed E-state index contributed by atoms with van der Waals surface area (Å²) in [5.41, 5.74) is 30.3. The van der Waals surface area contributed by atoms with E-state index in [0.717, 1.165) is 0 Å². The predicted octanol–water partition coefficient (Wildman–Crippen LogP) is 0.0325. The Morgan fingerprint density at radius 2 is 1.21 bits per heavy atom. The van der Waals surface area contributed by atoms with E-state index in [2.05, 4.69) is 52.5 Å². The number of carboxylic acids is 1. The molecule has 3 aromatic carbocycles. The fourth-order valence-corrected chi connectivity index (χ4v) is 9.09. The molecule has 5 atom stereocenters. The Hall–Kier alpha value is -10.1. The molecule has 0 saturated carbocycles. The summed E-state index contributed by atoms with van der Waals surface area (Å²) in [5.74, 6) is -7.83. The summed E-state index contributed by atoms with van der Waals surface area (Å²) in [5, 5.41) is 40.0. The highest BCUT2D eigenvalue weighted by Crippen LogP contribution is 2.42. The van der Waals surface area contributed by atoms with E-state index in [-0.39, 0.29) is 103 Å². The standard InChI is InChI=1S/C58H76N16O11/c1-30(2)23-42(53(80)72-40(13-9-21-66-57(61)62)51(78)71-41(14-10-22-67-58(63)64)52(79)74-49(31(3)4)55(82)65-5)73-54(81)43(24-32-11-7-6-8-12-32)70-47(76)29-68-46(75)28-69-50(77)33-15-18-36(56(83)84)39(25-33)48-37-19-16-34(59)26-44(37)85-45-27-35(60)17-20-38(45)48/h6-8,11-12,15-20,25-27,30-31,40-43,49,59H,9-10,13-14,21-24,28-29,60H2,1-5H3,(H,65,82)(H,68,75)(H,69,77)(H,70,76)(H,71,78)(H,72,80)(H,73,81)(H,74,79)(H,83,84)(H4,61,62,66)(H4,63,64,67)/t40-,41-,42-,43+,49-/m0/s1. The number of nitrogens with one attached hydrogen (secondary N) is 9. The zero-order chi connectivity index (χ0) is 62.5. The number of rotatable bonds is 30. The van der Waals surface area contributed by atoms with Gasteiger partial charge in [-0.25, -0.2) is 4.79 Å². The number of nitrogen functional groups attached to an aromatic ring is 1. The number of benzene rings is 4. The van der Waals surface area contributed by atoms with Gasteiger partial charge in [-0.15, -0.1) is 0 Å². The van der Waals surface area contributed by atoms with Crippen molar-refractivity contribution in [2.75, 3.05) is 39.0 Å². The van der Waals surface area contributed by atoms with Crippen molar-refractivity contribution in [1.82, 2.24) is 42.5 Å². The monoisotopic (exact) mass is 1170 g/mol. The number of anilines is 1. The van der Waals surface area contributed by atoms with Gasteiger partial charge in [0.1, 0.15) is 41.6 Å². The van der Waals surface area contributed by atoms with Gasteiger partial charge in [-0.3, -0.25) is 48.3 Å². The Bertz CT molecular complexity index is 3320. The first-order chi connectivity index (χ1) is 40.3. The number of guanidine groups is 2. The number of hydrogen-bond donors (Lipinski definition) is 15. The van der Waals surface area contributed by atoms with Gasteiger partial charge < -0.3 is 86.1 Å². The first kappa shape index (κ1) is 65.7. The quantitative estimate of drug-likeness (QED) is 0.00948. The van der Waals surface area contributed by atoms with Crippen molar-refractivity contribution in [2.45, 2.75) is 96.4 Å². The van der Waals surface area contributed by atoms with E-state index in [1.807, 2.05) is 0 Å². The SMILES string of the molecule is CNC(=O)[C@@H](NC(=O)[C@H](CCCN=C(N)N)NC(=O)[C@H](CCCN=C(N)N)NC(=O)[C@H](CC(C)C)NC(=O)[C@@H](Cc1ccccc1)NC(=O)CNC(=O)CNC(=O)c1ccc(C(=O)O)c(-c2c3ccc(=N)cc-3oc3cc(N)ccc23)c1)C(C)C. The van der Waals surface area contributed by atoms with Crippen molar-refractivity contribution in [2.24, 2.45) is 44.8 Å². The van der Waals surface area contributed by atoms with Crippen LogP contribution < -0.4 is 76.6 Å².